The summed E-state index contributed by atoms with van der Waals surface area (Å²) in [5.74, 6) is -0.752. The van der Waals surface area contributed by atoms with Gasteiger partial charge < -0.3 is 20.1 Å². The molecule has 9 heteroatoms. The molecule has 2 N–H and O–H groups in total. The van der Waals surface area contributed by atoms with E-state index in [1.54, 1.807) is 36.4 Å². The van der Waals surface area contributed by atoms with Crippen molar-refractivity contribution < 1.29 is 24.0 Å². The number of nitrogens with zero attached hydrogens (tertiary/aromatic N) is 1. The minimum Gasteiger partial charge on any atom is -0.490 e. The molecule has 0 bridgehead atoms. The summed E-state index contributed by atoms with van der Waals surface area (Å²) in [7, 11) is 2.63. The first-order chi connectivity index (χ1) is 15.4. The first-order valence-corrected chi connectivity index (χ1v) is 9.65. The smallest absolute Gasteiger partial charge is 0.310 e. The van der Waals surface area contributed by atoms with Gasteiger partial charge >= 0.3 is 11.7 Å². The van der Waals surface area contributed by atoms with E-state index in [1.807, 2.05) is 12.1 Å². The number of ether oxygens (including phenoxy) is 2. The molecule has 162 valence electrons. The lowest BCUT2D eigenvalue weighted by Gasteiger charge is -2.15. The van der Waals surface area contributed by atoms with Crippen LogP contribution in [0.1, 0.15) is 15.9 Å². The van der Waals surface area contributed by atoms with Crippen molar-refractivity contribution in [3.05, 3.63) is 75.8 Å². The summed E-state index contributed by atoms with van der Waals surface area (Å²) in [4.78, 5) is 35.8. The highest BCUT2D eigenvalue weighted by Gasteiger charge is 2.25. The van der Waals surface area contributed by atoms with E-state index >= 15 is 0 Å². The molecule has 3 aromatic rings. The molecule has 9 nitrogen and oxygen atoms in total. The number of benzene rings is 3. The second-order valence-corrected chi connectivity index (χ2v) is 7.08. The van der Waals surface area contributed by atoms with Gasteiger partial charge in [0, 0.05) is 6.07 Å². The zero-order valence-electron chi connectivity index (χ0n) is 17.3. The van der Waals surface area contributed by atoms with E-state index in [4.69, 9.17) is 9.47 Å². The summed E-state index contributed by atoms with van der Waals surface area (Å²) in [5, 5.41) is 17.4. The maximum atomic E-state index is 13.0. The normalized spacial score (nSPS) is 11.9. The minimum atomic E-state index is -0.523. The Bertz CT molecular complexity index is 1250. The van der Waals surface area contributed by atoms with Crippen molar-refractivity contribution in [2.45, 2.75) is 6.42 Å². The van der Waals surface area contributed by atoms with Crippen molar-refractivity contribution in [2.24, 2.45) is 0 Å². The first kappa shape index (κ1) is 20.9. The van der Waals surface area contributed by atoms with Crippen LogP contribution in [0.2, 0.25) is 0 Å². The fraction of sp³-hybridized carbons (Fsp3) is 0.130. The number of carbonyl (C=O) groups excluding carboxylic acids is 2. The third-order valence-corrected chi connectivity index (χ3v) is 5.16. The number of anilines is 3. The Hall–Kier alpha value is -4.40. The summed E-state index contributed by atoms with van der Waals surface area (Å²) in [6.45, 7) is 0. The molecular formula is C23H19N3O6. The Balaban J connectivity index is 1.90. The first-order valence-electron chi connectivity index (χ1n) is 9.65. The van der Waals surface area contributed by atoms with Crippen molar-refractivity contribution in [3.63, 3.8) is 0 Å². The van der Waals surface area contributed by atoms with Crippen LogP contribution in [0.4, 0.5) is 22.7 Å². The van der Waals surface area contributed by atoms with E-state index in [0.717, 1.165) is 0 Å². The summed E-state index contributed by atoms with van der Waals surface area (Å²) in [6, 6.07) is 15.2. The number of nitrogens with one attached hydrogen (secondary N) is 2. The zero-order valence-corrected chi connectivity index (χ0v) is 17.3. The largest absolute Gasteiger partial charge is 0.490 e. The number of hydrogen-bond acceptors (Lipinski definition) is 7. The fourth-order valence-corrected chi connectivity index (χ4v) is 3.64. The highest BCUT2D eigenvalue weighted by Crippen LogP contribution is 2.38. The number of amides is 1. The molecule has 0 fully saturated rings. The lowest BCUT2D eigenvalue weighted by molar-refractivity contribution is -0.385. The number of methoxy groups -OCH3 is 2. The van der Waals surface area contributed by atoms with Gasteiger partial charge in [0.25, 0.3) is 5.91 Å². The summed E-state index contributed by atoms with van der Waals surface area (Å²) >= 11 is 0. The Labute approximate surface area is 183 Å². The predicted octanol–water partition coefficient (Wildman–Crippen LogP) is 4.30. The van der Waals surface area contributed by atoms with Crippen molar-refractivity contribution in [1.29, 1.82) is 0 Å². The van der Waals surface area contributed by atoms with Gasteiger partial charge in [0.1, 0.15) is 0 Å². The Morgan fingerprint density at radius 2 is 1.69 bits per heavy atom. The number of esters is 1. The van der Waals surface area contributed by atoms with Crippen LogP contribution < -0.4 is 15.4 Å². The topological polar surface area (TPSA) is 120 Å². The highest BCUT2D eigenvalue weighted by molar-refractivity contribution is 6.14. The van der Waals surface area contributed by atoms with Crippen molar-refractivity contribution in [3.8, 4) is 16.9 Å². The molecule has 0 spiro atoms. The third-order valence-electron chi connectivity index (χ3n) is 5.16. The molecule has 32 heavy (non-hydrogen) atoms. The van der Waals surface area contributed by atoms with Crippen LogP contribution >= 0.6 is 0 Å². The van der Waals surface area contributed by atoms with E-state index in [9.17, 15) is 19.7 Å². The van der Waals surface area contributed by atoms with Crippen LogP contribution in [0.5, 0.6) is 5.75 Å². The number of nitro groups is 1. The van der Waals surface area contributed by atoms with Crippen LogP contribution in [0.3, 0.4) is 0 Å². The standard InChI is InChI=1S/C23H19N3O6/c1-31-20-11-13(7-8-19(20)26(29)30)14-9-15(12-21(27)32-2)22-18(10-14)24-16-5-3-4-6-17(16)25-23(22)28/h3-11,24H,12H2,1-2H3,(H,25,28). The van der Waals surface area contributed by atoms with E-state index in [2.05, 4.69) is 10.6 Å². The Morgan fingerprint density at radius 3 is 2.34 bits per heavy atom. The number of hydrogen-bond donors (Lipinski definition) is 2. The van der Waals surface area contributed by atoms with Gasteiger partial charge in [0.2, 0.25) is 0 Å². The van der Waals surface area contributed by atoms with Gasteiger partial charge in [-0.25, -0.2) is 0 Å². The highest BCUT2D eigenvalue weighted by atomic mass is 16.6. The summed E-state index contributed by atoms with van der Waals surface area (Å²) in [5.41, 5.74) is 3.70. The maximum Gasteiger partial charge on any atom is 0.310 e. The van der Waals surface area contributed by atoms with Crippen molar-refractivity contribution in [2.75, 3.05) is 24.9 Å². The van der Waals surface area contributed by atoms with Crippen LogP contribution in [0.15, 0.2) is 54.6 Å². The van der Waals surface area contributed by atoms with Gasteiger partial charge in [-0.3, -0.25) is 19.7 Å². The van der Waals surface area contributed by atoms with E-state index in [0.29, 0.717) is 39.3 Å². The molecule has 1 aliphatic heterocycles. The Morgan fingerprint density at radius 1 is 0.969 bits per heavy atom. The second kappa shape index (κ2) is 8.38. The van der Waals surface area contributed by atoms with Gasteiger partial charge in [0.05, 0.1) is 48.2 Å². The third kappa shape index (κ3) is 3.83. The maximum absolute atomic E-state index is 13.0. The molecule has 0 atom stereocenters. The van der Waals surface area contributed by atoms with E-state index < -0.39 is 10.9 Å². The molecule has 1 aliphatic rings. The zero-order chi connectivity index (χ0) is 22.8. The molecule has 0 saturated heterocycles. The number of rotatable bonds is 5. The van der Waals surface area contributed by atoms with Gasteiger partial charge in [-0.2, -0.15) is 0 Å². The molecule has 0 aromatic heterocycles. The molecule has 1 heterocycles. The molecule has 1 amide bonds. The van der Waals surface area contributed by atoms with Crippen LogP contribution in [0, 0.1) is 10.1 Å². The summed E-state index contributed by atoms with van der Waals surface area (Å²) in [6.07, 6.45) is -0.123. The quantitative estimate of drug-likeness (QED) is 0.350. The fourth-order valence-electron chi connectivity index (χ4n) is 3.64. The minimum absolute atomic E-state index is 0.105. The van der Waals surface area contributed by atoms with Crippen LogP contribution in [-0.2, 0) is 16.0 Å². The lowest BCUT2D eigenvalue weighted by Crippen LogP contribution is -2.16. The molecule has 0 aliphatic carbocycles. The molecular weight excluding hydrogens is 414 g/mol. The molecule has 0 unspecified atom stereocenters. The van der Waals surface area contributed by atoms with E-state index in [-0.39, 0.29) is 23.8 Å². The van der Waals surface area contributed by atoms with Crippen LogP contribution in [-0.4, -0.2) is 31.0 Å². The second-order valence-electron chi connectivity index (χ2n) is 7.08. The van der Waals surface area contributed by atoms with Crippen molar-refractivity contribution >= 4 is 34.6 Å². The van der Waals surface area contributed by atoms with Crippen molar-refractivity contribution in [1.82, 2.24) is 0 Å². The van der Waals surface area contributed by atoms with Gasteiger partial charge in [0.15, 0.2) is 5.75 Å². The van der Waals surface area contributed by atoms with Gasteiger partial charge in [-0.1, -0.05) is 12.1 Å². The SMILES string of the molecule is COC(=O)Cc1cc(-c2ccc([N+](=O)[O-])c(OC)c2)cc2c1C(=O)Nc1ccccc1N2. The Kier molecular flexibility index (Phi) is 5.46. The molecule has 0 radical (unpaired) electrons. The number of nitro benzene ring substituents is 1. The average molecular weight is 433 g/mol. The monoisotopic (exact) mass is 433 g/mol. The number of para-hydroxylation sites is 2. The van der Waals surface area contributed by atoms with E-state index in [1.165, 1.54) is 20.3 Å². The predicted molar refractivity (Wildman–Crippen MR) is 118 cm³/mol. The molecule has 4 rings (SSSR count). The number of carbonyl (C=O) groups is 2. The number of fused-ring (bicyclic) bond motifs is 2. The molecule has 3 aromatic carbocycles. The van der Waals surface area contributed by atoms with Crippen LogP contribution in [0.25, 0.3) is 11.1 Å². The molecule has 0 saturated carbocycles. The van der Waals surface area contributed by atoms with Gasteiger partial charge in [-0.05, 0) is 53.1 Å². The summed E-state index contributed by atoms with van der Waals surface area (Å²) < 4.78 is 9.99. The van der Waals surface area contributed by atoms with Gasteiger partial charge in [-0.15, -0.1) is 0 Å². The average Bonchev–Trinajstić information content (AvgIpc) is 2.93. The lowest BCUT2D eigenvalue weighted by atomic mass is 9.94.